The topological polar surface area (TPSA) is 64.5 Å². The van der Waals surface area contributed by atoms with Gasteiger partial charge in [-0.2, -0.15) is 4.98 Å². The quantitative estimate of drug-likeness (QED) is 0.803. The SMILES string of the molecule is COc1nc(OCCCO)ncc1Br. The molecule has 6 heteroatoms. The van der Waals surface area contributed by atoms with Crippen molar-refractivity contribution in [1.29, 1.82) is 0 Å². The van der Waals surface area contributed by atoms with E-state index in [0.717, 1.165) is 0 Å². The molecule has 0 spiro atoms. The van der Waals surface area contributed by atoms with E-state index in [9.17, 15) is 0 Å². The first kappa shape index (κ1) is 11.2. The Morgan fingerprint density at radius 2 is 2.36 bits per heavy atom. The molecule has 1 heterocycles. The number of aliphatic hydroxyl groups is 1. The van der Waals surface area contributed by atoms with Crippen molar-refractivity contribution < 1.29 is 14.6 Å². The second kappa shape index (κ2) is 5.77. The monoisotopic (exact) mass is 262 g/mol. The fourth-order valence-corrected chi connectivity index (χ4v) is 1.13. The molecular weight excluding hydrogens is 252 g/mol. The molecule has 0 fully saturated rings. The summed E-state index contributed by atoms with van der Waals surface area (Å²) in [5.74, 6) is 0.430. The molecule has 0 aromatic carbocycles. The molecule has 0 aliphatic carbocycles. The van der Waals surface area contributed by atoms with Crippen LogP contribution in [0.3, 0.4) is 0 Å². The zero-order valence-electron chi connectivity index (χ0n) is 7.73. The molecule has 5 nitrogen and oxygen atoms in total. The number of aliphatic hydroxyl groups excluding tert-OH is 1. The first-order chi connectivity index (χ1) is 6.77. The summed E-state index contributed by atoms with van der Waals surface area (Å²) in [6.07, 6.45) is 2.11. The molecule has 0 radical (unpaired) electrons. The normalized spacial score (nSPS) is 9.93. The van der Waals surface area contributed by atoms with Gasteiger partial charge in [-0.3, -0.25) is 0 Å². The van der Waals surface area contributed by atoms with Crippen molar-refractivity contribution in [3.05, 3.63) is 10.7 Å². The maximum atomic E-state index is 8.54. The van der Waals surface area contributed by atoms with Crippen LogP contribution < -0.4 is 9.47 Å². The molecule has 0 atom stereocenters. The molecule has 14 heavy (non-hydrogen) atoms. The van der Waals surface area contributed by atoms with Gasteiger partial charge >= 0.3 is 6.01 Å². The molecule has 78 valence electrons. The lowest BCUT2D eigenvalue weighted by atomic mass is 10.5. The predicted molar refractivity (Wildman–Crippen MR) is 53.5 cm³/mol. The third-order valence-electron chi connectivity index (χ3n) is 1.42. The average molecular weight is 263 g/mol. The molecule has 1 rings (SSSR count). The molecule has 0 bridgehead atoms. The van der Waals surface area contributed by atoms with E-state index in [0.29, 0.717) is 23.4 Å². The van der Waals surface area contributed by atoms with Gasteiger partial charge in [0.1, 0.15) is 0 Å². The fourth-order valence-electron chi connectivity index (χ4n) is 0.777. The van der Waals surface area contributed by atoms with E-state index in [2.05, 4.69) is 25.9 Å². The van der Waals surface area contributed by atoms with Crippen LogP contribution in [0.5, 0.6) is 11.9 Å². The Labute approximate surface area is 90.2 Å². The summed E-state index contributed by atoms with van der Waals surface area (Å²) in [4.78, 5) is 7.90. The van der Waals surface area contributed by atoms with E-state index in [1.54, 1.807) is 6.20 Å². The number of ether oxygens (including phenoxy) is 2. The lowest BCUT2D eigenvalue weighted by molar-refractivity contribution is 0.222. The molecule has 0 unspecified atom stereocenters. The van der Waals surface area contributed by atoms with Crippen molar-refractivity contribution in [1.82, 2.24) is 9.97 Å². The van der Waals surface area contributed by atoms with Crippen molar-refractivity contribution in [2.75, 3.05) is 20.3 Å². The van der Waals surface area contributed by atoms with Crippen molar-refractivity contribution in [3.63, 3.8) is 0 Å². The molecule has 0 saturated heterocycles. The Morgan fingerprint density at radius 1 is 1.57 bits per heavy atom. The summed E-state index contributed by atoms with van der Waals surface area (Å²) >= 11 is 3.23. The summed E-state index contributed by atoms with van der Waals surface area (Å²) in [5, 5.41) is 8.54. The van der Waals surface area contributed by atoms with E-state index >= 15 is 0 Å². The van der Waals surface area contributed by atoms with Crippen LogP contribution in [0, 0.1) is 0 Å². The number of aromatic nitrogens is 2. The second-order valence-electron chi connectivity index (χ2n) is 2.44. The molecule has 1 N–H and O–H groups in total. The van der Waals surface area contributed by atoms with Gasteiger partial charge in [-0.05, 0) is 15.9 Å². The minimum atomic E-state index is 0.0909. The maximum absolute atomic E-state index is 8.54. The predicted octanol–water partition coefficient (Wildman–Crippen LogP) is 1.01. The highest BCUT2D eigenvalue weighted by molar-refractivity contribution is 9.10. The van der Waals surface area contributed by atoms with Crippen LogP contribution in [0.4, 0.5) is 0 Å². The second-order valence-corrected chi connectivity index (χ2v) is 3.29. The van der Waals surface area contributed by atoms with E-state index in [4.69, 9.17) is 14.6 Å². The van der Waals surface area contributed by atoms with Gasteiger partial charge in [0.05, 0.1) is 24.4 Å². The number of nitrogens with zero attached hydrogens (tertiary/aromatic N) is 2. The Kier molecular flexibility index (Phi) is 4.61. The van der Waals surface area contributed by atoms with Crippen LogP contribution >= 0.6 is 15.9 Å². The van der Waals surface area contributed by atoms with Crippen molar-refractivity contribution >= 4 is 15.9 Å². The van der Waals surface area contributed by atoms with E-state index in [-0.39, 0.29) is 12.6 Å². The van der Waals surface area contributed by atoms with Crippen LogP contribution in [0.2, 0.25) is 0 Å². The van der Waals surface area contributed by atoms with E-state index in [1.807, 2.05) is 0 Å². The summed E-state index contributed by atoms with van der Waals surface area (Å²) in [5.41, 5.74) is 0. The third-order valence-corrected chi connectivity index (χ3v) is 1.96. The van der Waals surface area contributed by atoms with Gasteiger partial charge in [0.25, 0.3) is 0 Å². The smallest absolute Gasteiger partial charge is 0.319 e. The molecule has 0 aliphatic rings. The van der Waals surface area contributed by atoms with Crippen LogP contribution in [-0.2, 0) is 0 Å². The van der Waals surface area contributed by atoms with Crippen LogP contribution in [0.15, 0.2) is 10.7 Å². The molecule has 0 saturated carbocycles. The van der Waals surface area contributed by atoms with Crippen LogP contribution in [0.1, 0.15) is 6.42 Å². The number of rotatable bonds is 5. The first-order valence-corrected chi connectivity index (χ1v) is 4.87. The minimum absolute atomic E-state index is 0.0909. The van der Waals surface area contributed by atoms with Gasteiger partial charge in [0, 0.05) is 13.0 Å². The number of hydrogen-bond donors (Lipinski definition) is 1. The number of methoxy groups -OCH3 is 1. The minimum Gasteiger partial charge on any atom is -0.480 e. The average Bonchev–Trinajstić information content (AvgIpc) is 2.21. The number of halogens is 1. The van der Waals surface area contributed by atoms with Gasteiger partial charge in [-0.25, -0.2) is 4.98 Å². The van der Waals surface area contributed by atoms with Crippen molar-refractivity contribution in [2.24, 2.45) is 0 Å². The van der Waals surface area contributed by atoms with Crippen LogP contribution in [-0.4, -0.2) is 35.4 Å². The molecule has 0 amide bonds. The van der Waals surface area contributed by atoms with Gasteiger partial charge in [-0.15, -0.1) is 0 Å². The summed E-state index contributed by atoms with van der Waals surface area (Å²) in [6, 6.07) is 0.249. The Balaban J connectivity index is 2.60. The van der Waals surface area contributed by atoms with Crippen molar-refractivity contribution in [3.8, 4) is 11.9 Å². The molecule has 0 aliphatic heterocycles. The summed E-state index contributed by atoms with van der Waals surface area (Å²) in [7, 11) is 1.52. The first-order valence-electron chi connectivity index (χ1n) is 4.08. The standard InChI is InChI=1S/C8H11BrN2O3/c1-13-7-6(9)5-10-8(11-7)14-4-2-3-12/h5,12H,2-4H2,1H3. The van der Waals surface area contributed by atoms with Gasteiger partial charge in [0.15, 0.2) is 0 Å². The highest BCUT2D eigenvalue weighted by Crippen LogP contribution is 2.22. The largest absolute Gasteiger partial charge is 0.480 e. The highest BCUT2D eigenvalue weighted by atomic mass is 79.9. The zero-order valence-corrected chi connectivity index (χ0v) is 9.32. The van der Waals surface area contributed by atoms with Gasteiger partial charge < -0.3 is 14.6 Å². The molecule has 1 aromatic rings. The Hall–Kier alpha value is -0.880. The zero-order chi connectivity index (χ0) is 10.4. The lowest BCUT2D eigenvalue weighted by Gasteiger charge is -2.05. The molecular formula is C8H11BrN2O3. The van der Waals surface area contributed by atoms with Crippen molar-refractivity contribution in [2.45, 2.75) is 6.42 Å². The third kappa shape index (κ3) is 3.12. The lowest BCUT2D eigenvalue weighted by Crippen LogP contribution is -2.03. The Bertz CT molecular complexity index is 296. The summed E-state index contributed by atoms with van der Waals surface area (Å²) in [6.45, 7) is 0.481. The Morgan fingerprint density at radius 3 is 3.00 bits per heavy atom. The van der Waals surface area contributed by atoms with E-state index in [1.165, 1.54) is 7.11 Å². The van der Waals surface area contributed by atoms with E-state index < -0.39 is 0 Å². The fraction of sp³-hybridized carbons (Fsp3) is 0.500. The van der Waals surface area contributed by atoms with Crippen LogP contribution in [0.25, 0.3) is 0 Å². The summed E-state index contributed by atoms with van der Waals surface area (Å²) < 4.78 is 10.8. The van der Waals surface area contributed by atoms with Gasteiger partial charge in [-0.1, -0.05) is 0 Å². The van der Waals surface area contributed by atoms with Gasteiger partial charge in [0.2, 0.25) is 5.88 Å². The number of hydrogen-bond acceptors (Lipinski definition) is 5. The molecule has 1 aromatic heterocycles. The highest BCUT2D eigenvalue weighted by Gasteiger charge is 2.05. The maximum Gasteiger partial charge on any atom is 0.319 e.